The number of alkyl halides is 3. The molecule has 8 heteroatoms. The molecule has 1 aliphatic heterocycles. The zero-order valence-corrected chi connectivity index (χ0v) is 17.4. The Bertz CT molecular complexity index is 902. The number of halogens is 3. The predicted molar refractivity (Wildman–Crippen MR) is 109 cm³/mol. The first kappa shape index (κ1) is 22.8. The lowest BCUT2D eigenvalue weighted by atomic mass is 9.84. The standard InChI is InChI=1S/C23H24F3NO4/c1-14-15(2)19(30-20(28)17-10-6-4-7-11-17)21(29-16(14)3)31-22(23(24,25)26)27-18-12-8-5-9-13-18/h4-16,19,21H,1-3H3/t14-,15?,16?,19+,21+/m1/s1. The lowest BCUT2D eigenvalue weighted by Crippen LogP contribution is -2.52. The molecule has 1 heterocycles. The number of ether oxygens (including phenoxy) is 3. The van der Waals surface area contributed by atoms with Crippen LogP contribution < -0.4 is 0 Å². The van der Waals surface area contributed by atoms with E-state index in [9.17, 15) is 18.0 Å². The molecule has 1 fully saturated rings. The van der Waals surface area contributed by atoms with Crippen LogP contribution in [0, 0.1) is 11.8 Å². The molecule has 0 aliphatic carbocycles. The third-order valence-electron chi connectivity index (χ3n) is 5.41. The third kappa shape index (κ3) is 5.64. The van der Waals surface area contributed by atoms with E-state index < -0.39 is 36.5 Å². The summed E-state index contributed by atoms with van der Waals surface area (Å²) < 4.78 is 57.5. The first-order valence-corrected chi connectivity index (χ1v) is 9.96. The van der Waals surface area contributed by atoms with E-state index in [1.807, 2.05) is 6.92 Å². The SMILES string of the molecule is CC1O[C@@H](OC(=Nc2ccccc2)C(F)(F)F)[C@@H](OC(=O)c2ccccc2)C(C)[C@H]1C. The first-order chi connectivity index (χ1) is 14.7. The molecule has 0 N–H and O–H groups in total. The Morgan fingerprint density at radius 2 is 1.48 bits per heavy atom. The number of carbonyl (C=O) groups excluding carboxylic acids is 1. The lowest BCUT2D eigenvalue weighted by Gasteiger charge is -2.42. The maximum absolute atomic E-state index is 13.7. The zero-order chi connectivity index (χ0) is 22.6. The molecule has 0 spiro atoms. The predicted octanol–water partition coefficient (Wildman–Crippen LogP) is 5.54. The molecular formula is C23H24F3NO4. The van der Waals surface area contributed by atoms with Crippen LogP contribution in [0.25, 0.3) is 0 Å². The monoisotopic (exact) mass is 435 g/mol. The van der Waals surface area contributed by atoms with E-state index in [1.165, 1.54) is 12.1 Å². The highest BCUT2D eigenvalue weighted by Gasteiger charge is 2.48. The second kappa shape index (κ2) is 9.51. The third-order valence-corrected chi connectivity index (χ3v) is 5.41. The Morgan fingerprint density at radius 3 is 2.06 bits per heavy atom. The fourth-order valence-electron chi connectivity index (χ4n) is 3.30. The number of nitrogens with zero attached hydrogens (tertiary/aromatic N) is 1. The summed E-state index contributed by atoms with van der Waals surface area (Å²) in [7, 11) is 0. The Hall–Kier alpha value is -2.87. The average Bonchev–Trinajstić information content (AvgIpc) is 2.75. The summed E-state index contributed by atoms with van der Waals surface area (Å²) in [5.74, 6) is -2.51. The maximum atomic E-state index is 13.7. The maximum Gasteiger partial charge on any atom is 0.468 e. The number of carbonyl (C=O) groups is 1. The topological polar surface area (TPSA) is 57.1 Å². The second-order valence-corrected chi connectivity index (χ2v) is 7.53. The van der Waals surface area contributed by atoms with Gasteiger partial charge < -0.3 is 14.2 Å². The van der Waals surface area contributed by atoms with Gasteiger partial charge in [-0.1, -0.05) is 50.2 Å². The Labute approximate surface area is 178 Å². The van der Waals surface area contributed by atoms with E-state index in [4.69, 9.17) is 14.2 Å². The van der Waals surface area contributed by atoms with Crippen molar-refractivity contribution in [2.75, 3.05) is 0 Å². The number of rotatable bonds is 4. The molecule has 31 heavy (non-hydrogen) atoms. The van der Waals surface area contributed by atoms with Crippen LogP contribution >= 0.6 is 0 Å². The summed E-state index contributed by atoms with van der Waals surface area (Å²) in [6.45, 7) is 5.43. The highest BCUT2D eigenvalue weighted by Crippen LogP contribution is 2.35. The molecule has 1 aliphatic rings. The smallest absolute Gasteiger partial charge is 0.452 e. The molecule has 5 atom stereocenters. The average molecular weight is 435 g/mol. The number of hydrogen-bond acceptors (Lipinski definition) is 5. The van der Waals surface area contributed by atoms with Crippen molar-refractivity contribution in [2.24, 2.45) is 16.8 Å². The highest BCUT2D eigenvalue weighted by molar-refractivity contribution is 5.89. The zero-order valence-electron chi connectivity index (χ0n) is 17.4. The van der Waals surface area contributed by atoms with Crippen LogP contribution in [-0.4, -0.2) is 36.5 Å². The van der Waals surface area contributed by atoms with E-state index in [-0.39, 0.29) is 23.1 Å². The van der Waals surface area contributed by atoms with Crippen molar-refractivity contribution in [3.63, 3.8) is 0 Å². The number of para-hydroxylation sites is 1. The van der Waals surface area contributed by atoms with Crippen LogP contribution in [0.4, 0.5) is 18.9 Å². The molecule has 2 aromatic rings. The summed E-state index contributed by atoms with van der Waals surface area (Å²) in [6, 6.07) is 15.9. The minimum atomic E-state index is -4.86. The molecule has 2 unspecified atom stereocenters. The van der Waals surface area contributed by atoms with E-state index in [0.717, 1.165) is 0 Å². The van der Waals surface area contributed by atoms with Crippen molar-refractivity contribution in [1.82, 2.24) is 0 Å². The van der Waals surface area contributed by atoms with Crippen LogP contribution in [0.5, 0.6) is 0 Å². The van der Waals surface area contributed by atoms with Crippen LogP contribution in [0.3, 0.4) is 0 Å². The second-order valence-electron chi connectivity index (χ2n) is 7.53. The normalized spacial score (nSPS) is 26.9. The molecule has 0 radical (unpaired) electrons. The van der Waals surface area contributed by atoms with Crippen LogP contribution in [0.1, 0.15) is 31.1 Å². The van der Waals surface area contributed by atoms with Gasteiger partial charge in [0, 0.05) is 5.92 Å². The molecule has 0 amide bonds. The fourth-order valence-corrected chi connectivity index (χ4v) is 3.30. The van der Waals surface area contributed by atoms with Crippen LogP contribution in [-0.2, 0) is 14.2 Å². The van der Waals surface area contributed by atoms with Crippen molar-refractivity contribution < 1.29 is 32.2 Å². The van der Waals surface area contributed by atoms with Crippen molar-refractivity contribution in [1.29, 1.82) is 0 Å². The van der Waals surface area contributed by atoms with Crippen molar-refractivity contribution in [3.8, 4) is 0 Å². The van der Waals surface area contributed by atoms with Gasteiger partial charge in [0.25, 0.3) is 5.90 Å². The summed E-state index contributed by atoms with van der Waals surface area (Å²) in [6.07, 6.45) is -7.78. The first-order valence-electron chi connectivity index (χ1n) is 9.96. The van der Waals surface area contributed by atoms with Gasteiger partial charge in [-0.15, -0.1) is 0 Å². The minimum Gasteiger partial charge on any atom is -0.452 e. The Kier molecular flexibility index (Phi) is 7.00. The minimum absolute atomic E-state index is 0.0752. The van der Waals surface area contributed by atoms with E-state index in [0.29, 0.717) is 0 Å². The quantitative estimate of drug-likeness (QED) is 0.360. The van der Waals surface area contributed by atoms with E-state index in [1.54, 1.807) is 62.4 Å². The summed E-state index contributed by atoms with van der Waals surface area (Å²) in [4.78, 5) is 16.2. The summed E-state index contributed by atoms with van der Waals surface area (Å²) in [5.41, 5.74) is 0.367. The summed E-state index contributed by atoms with van der Waals surface area (Å²) in [5, 5.41) is 0. The van der Waals surface area contributed by atoms with Gasteiger partial charge in [0.2, 0.25) is 6.29 Å². The van der Waals surface area contributed by atoms with Gasteiger partial charge in [0.1, 0.15) is 0 Å². The van der Waals surface area contributed by atoms with Crippen molar-refractivity contribution in [3.05, 3.63) is 66.2 Å². The van der Waals surface area contributed by atoms with Gasteiger partial charge in [-0.25, -0.2) is 9.79 Å². The molecule has 0 aromatic heterocycles. The highest BCUT2D eigenvalue weighted by atomic mass is 19.4. The molecule has 2 aromatic carbocycles. The van der Waals surface area contributed by atoms with Crippen molar-refractivity contribution in [2.45, 2.75) is 45.4 Å². The van der Waals surface area contributed by atoms with E-state index in [2.05, 4.69) is 4.99 Å². The molecule has 1 saturated heterocycles. The van der Waals surface area contributed by atoms with Gasteiger partial charge in [0.15, 0.2) is 6.10 Å². The number of aliphatic imine (C=N–C) groups is 1. The largest absolute Gasteiger partial charge is 0.468 e. The molecule has 0 saturated carbocycles. The molecule has 166 valence electrons. The molecule has 3 rings (SSSR count). The lowest BCUT2D eigenvalue weighted by molar-refractivity contribution is -0.245. The van der Waals surface area contributed by atoms with Crippen LogP contribution in [0.15, 0.2) is 65.7 Å². The van der Waals surface area contributed by atoms with Crippen LogP contribution in [0.2, 0.25) is 0 Å². The van der Waals surface area contributed by atoms with Gasteiger partial charge in [0.05, 0.1) is 17.4 Å². The summed E-state index contributed by atoms with van der Waals surface area (Å²) >= 11 is 0. The Balaban J connectivity index is 1.89. The van der Waals surface area contributed by atoms with Gasteiger partial charge in [-0.2, -0.15) is 13.2 Å². The fraction of sp³-hybridized carbons (Fsp3) is 0.391. The van der Waals surface area contributed by atoms with Gasteiger partial charge in [-0.3, -0.25) is 0 Å². The number of benzene rings is 2. The van der Waals surface area contributed by atoms with E-state index >= 15 is 0 Å². The molecule has 0 bridgehead atoms. The molecule has 5 nitrogen and oxygen atoms in total. The molecular weight excluding hydrogens is 411 g/mol. The van der Waals surface area contributed by atoms with Gasteiger partial charge >= 0.3 is 12.1 Å². The number of esters is 1. The Morgan fingerprint density at radius 1 is 0.903 bits per heavy atom. The number of hydrogen-bond donors (Lipinski definition) is 0. The van der Waals surface area contributed by atoms with Crippen molar-refractivity contribution >= 4 is 17.6 Å². The van der Waals surface area contributed by atoms with Gasteiger partial charge in [-0.05, 0) is 37.1 Å².